The van der Waals surface area contributed by atoms with Crippen molar-refractivity contribution in [3.05, 3.63) is 93.4 Å². The molecule has 3 aromatic carbocycles. The van der Waals surface area contributed by atoms with Crippen molar-refractivity contribution in [2.24, 2.45) is 0 Å². The Morgan fingerprint density at radius 1 is 0.966 bits per heavy atom. The second kappa shape index (κ2) is 10.1. The Morgan fingerprint density at radius 3 is 2.24 bits per heavy atom. The SMILES string of the molecule is O=C=C(COc1ccc(NC(=O)Cc2ccc(Cl)cc2)cc1)c1ccc(Br)cc1. The van der Waals surface area contributed by atoms with Gasteiger partial charge < -0.3 is 10.1 Å². The van der Waals surface area contributed by atoms with Gasteiger partial charge in [0.2, 0.25) is 5.91 Å². The van der Waals surface area contributed by atoms with Crippen LogP contribution in [0.4, 0.5) is 5.69 Å². The number of carbonyl (C=O) groups excluding carboxylic acids is 2. The molecule has 29 heavy (non-hydrogen) atoms. The van der Waals surface area contributed by atoms with Crippen LogP contribution in [0.15, 0.2) is 77.3 Å². The molecule has 0 spiro atoms. The monoisotopic (exact) mass is 469 g/mol. The molecule has 0 saturated heterocycles. The third-order valence-electron chi connectivity index (χ3n) is 4.12. The van der Waals surface area contributed by atoms with E-state index in [0.717, 1.165) is 15.6 Å². The van der Waals surface area contributed by atoms with Crippen molar-refractivity contribution in [3.8, 4) is 5.75 Å². The predicted molar refractivity (Wildman–Crippen MR) is 119 cm³/mol. The minimum Gasteiger partial charge on any atom is -0.488 e. The summed E-state index contributed by atoms with van der Waals surface area (Å²) < 4.78 is 6.61. The quantitative estimate of drug-likeness (QED) is 0.459. The van der Waals surface area contributed by atoms with Gasteiger partial charge in [-0.3, -0.25) is 4.79 Å². The van der Waals surface area contributed by atoms with E-state index >= 15 is 0 Å². The molecule has 1 N–H and O–H groups in total. The van der Waals surface area contributed by atoms with E-state index in [1.807, 2.05) is 42.3 Å². The Morgan fingerprint density at radius 2 is 1.62 bits per heavy atom. The van der Waals surface area contributed by atoms with E-state index in [9.17, 15) is 9.59 Å². The molecule has 0 aliphatic heterocycles. The number of nitrogens with one attached hydrogen (secondary N) is 1. The fourth-order valence-electron chi connectivity index (χ4n) is 2.61. The number of halogens is 2. The van der Waals surface area contributed by atoms with E-state index in [4.69, 9.17) is 16.3 Å². The first-order chi connectivity index (χ1) is 14.0. The summed E-state index contributed by atoms with van der Waals surface area (Å²) >= 11 is 9.21. The van der Waals surface area contributed by atoms with Crippen molar-refractivity contribution < 1.29 is 14.3 Å². The fourth-order valence-corrected chi connectivity index (χ4v) is 3.00. The Bertz CT molecular complexity index is 1030. The summed E-state index contributed by atoms with van der Waals surface area (Å²) in [5.74, 6) is 2.40. The molecule has 0 atom stereocenters. The maximum atomic E-state index is 12.2. The molecule has 6 heteroatoms. The van der Waals surface area contributed by atoms with Gasteiger partial charge in [0.15, 0.2) is 0 Å². The molecule has 0 saturated carbocycles. The summed E-state index contributed by atoms with van der Waals surface area (Å²) in [5.41, 5.74) is 2.73. The highest BCUT2D eigenvalue weighted by molar-refractivity contribution is 9.10. The lowest BCUT2D eigenvalue weighted by Gasteiger charge is -2.09. The normalized spacial score (nSPS) is 10.1. The van der Waals surface area contributed by atoms with Gasteiger partial charge in [0.25, 0.3) is 0 Å². The molecule has 0 radical (unpaired) electrons. The first kappa shape index (κ1) is 20.9. The predicted octanol–water partition coefficient (Wildman–Crippen LogP) is 5.58. The topological polar surface area (TPSA) is 55.4 Å². The number of carbonyl (C=O) groups is 1. The maximum absolute atomic E-state index is 12.2. The van der Waals surface area contributed by atoms with Crippen molar-refractivity contribution >= 4 is 50.6 Å². The van der Waals surface area contributed by atoms with Gasteiger partial charge in [-0.15, -0.1) is 0 Å². The number of hydrogen-bond acceptors (Lipinski definition) is 3. The number of ether oxygens (including phenoxy) is 1. The Labute approximate surface area is 182 Å². The Balaban J connectivity index is 1.54. The van der Waals surface area contributed by atoms with Gasteiger partial charge in [-0.2, -0.15) is 0 Å². The van der Waals surface area contributed by atoms with Crippen molar-refractivity contribution in [1.29, 1.82) is 0 Å². The van der Waals surface area contributed by atoms with Crippen molar-refractivity contribution in [1.82, 2.24) is 0 Å². The van der Waals surface area contributed by atoms with Crippen LogP contribution in [0.1, 0.15) is 11.1 Å². The lowest BCUT2D eigenvalue weighted by atomic mass is 10.1. The summed E-state index contributed by atoms with van der Waals surface area (Å²) in [6, 6.07) is 21.5. The minimum absolute atomic E-state index is 0.105. The van der Waals surface area contributed by atoms with Crippen LogP contribution in [0.25, 0.3) is 5.57 Å². The van der Waals surface area contributed by atoms with Crippen LogP contribution in [-0.4, -0.2) is 18.5 Å². The highest BCUT2D eigenvalue weighted by Crippen LogP contribution is 2.20. The van der Waals surface area contributed by atoms with Gasteiger partial charge in [-0.1, -0.05) is 51.8 Å². The molecule has 0 bridgehead atoms. The average Bonchev–Trinajstić information content (AvgIpc) is 2.72. The van der Waals surface area contributed by atoms with Gasteiger partial charge in [0, 0.05) is 15.2 Å². The molecule has 3 aromatic rings. The number of benzene rings is 3. The van der Waals surface area contributed by atoms with Crippen molar-refractivity contribution in [2.75, 3.05) is 11.9 Å². The van der Waals surface area contributed by atoms with Gasteiger partial charge in [0.1, 0.15) is 18.3 Å². The van der Waals surface area contributed by atoms with Crippen molar-refractivity contribution in [2.45, 2.75) is 6.42 Å². The summed E-state index contributed by atoms with van der Waals surface area (Å²) in [4.78, 5) is 23.4. The number of amides is 1. The largest absolute Gasteiger partial charge is 0.488 e. The Kier molecular flexibility index (Phi) is 7.25. The first-order valence-corrected chi connectivity index (χ1v) is 9.97. The van der Waals surface area contributed by atoms with Crippen LogP contribution in [0.3, 0.4) is 0 Å². The van der Waals surface area contributed by atoms with E-state index in [1.54, 1.807) is 36.4 Å². The molecule has 3 rings (SSSR count). The molecule has 4 nitrogen and oxygen atoms in total. The van der Waals surface area contributed by atoms with Gasteiger partial charge in [-0.05, 0) is 59.7 Å². The number of hydrogen-bond donors (Lipinski definition) is 1. The fraction of sp³-hybridized carbons (Fsp3) is 0.0870. The molecule has 0 heterocycles. The molecular weight excluding hydrogens is 454 g/mol. The number of rotatable bonds is 7. The molecular formula is C23H17BrClNO3. The van der Waals surface area contributed by atoms with Crippen LogP contribution in [0, 0.1) is 0 Å². The van der Waals surface area contributed by atoms with E-state index in [1.165, 1.54) is 0 Å². The molecule has 0 aromatic heterocycles. The van der Waals surface area contributed by atoms with Crippen LogP contribution in [0.2, 0.25) is 5.02 Å². The first-order valence-electron chi connectivity index (χ1n) is 8.80. The molecule has 146 valence electrons. The molecule has 1 amide bonds. The lowest BCUT2D eigenvalue weighted by Crippen LogP contribution is -2.14. The van der Waals surface area contributed by atoms with Gasteiger partial charge in [0.05, 0.1) is 12.0 Å². The second-order valence-corrected chi connectivity index (χ2v) is 7.60. The van der Waals surface area contributed by atoms with E-state index in [0.29, 0.717) is 22.0 Å². The maximum Gasteiger partial charge on any atom is 0.228 e. The van der Waals surface area contributed by atoms with Crippen LogP contribution in [0.5, 0.6) is 5.75 Å². The zero-order valence-corrected chi connectivity index (χ0v) is 17.7. The van der Waals surface area contributed by atoms with Gasteiger partial charge >= 0.3 is 0 Å². The third kappa shape index (κ3) is 6.33. The van der Waals surface area contributed by atoms with Crippen LogP contribution in [-0.2, 0) is 16.0 Å². The molecule has 0 aliphatic carbocycles. The van der Waals surface area contributed by atoms with Crippen LogP contribution >= 0.6 is 27.5 Å². The summed E-state index contributed by atoms with van der Waals surface area (Å²) in [6.07, 6.45) is 0.260. The molecule has 0 aliphatic rings. The molecule has 0 unspecified atom stereocenters. The number of anilines is 1. The highest BCUT2D eigenvalue weighted by atomic mass is 79.9. The zero-order valence-electron chi connectivity index (χ0n) is 15.3. The average molecular weight is 471 g/mol. The lowest BCUT2D eigenvalue weighted by molar-refractivity contribution is -0.115. The standard InChI is InChI=1S/C23H17BrClNO3/c24-19-5-3-17(4-6-19)18(14-27)15-29-22-11-9-21(10-12-22)26-23(28)13-16-1-7-20(25)8-2-16/h1-12H,13,15H2,(H,26,28). The van der Waals surface area contributed by atoms with Gasteiger partial charge in [-0.25, -0.2) is 4.79 Å². The van der Waals surface area contributed by atoms with E-state index in [-0.39, 0.29) is 18.9 Å². The van der Waals surface area contributed by atoms with E-state index < -0.39 is 0 Å². The summed E-state index contributed by atoms with van der Waals surface area (Å²) in [5, 5.41) is 3.48. The smallest absolute Gasteiger partial charge is 0.228 e. The Hall–Kier alpha value is -2.85. The molecule has 0 fully saturated rings. The highest BCUT2D eigenvalue weighted by Gasteiger charge is 2.07. The summed E-state index contributed by atoms with van der Waals surface area (Å²) in [6.45, 7) is 0.105. The zero-order chi connectivity index (χ0) is 20.6. The minimum atomic E-state index is -0.123. The second-order valence-electron chi connectivity index (χ2n) is 6.25. The summed E-state index contributed by atoms with van der Waals surface area (Å²) in [7, 11) is 0. The third-order valence-corrected chi connectivity index (χ3v) is 4.90. The van der Waals surface area contributed by atoms with E-state index in [2.05, 4.69) is 21.2 Å². The van der Waals surface area contributed by atoms with Crippen LogP contribution < -0.4 is 10.1 Å². The van der Waals surface area contributed by atoms with Crippen molar-refractivity contribution in [3.63, 3.8) is 0 Å².